The second-order valence-electron chi connectivity index (χ2n) is 8.65. The molecule has 4 N–H and O–H groups in total. The number of halogens is 1. The van der Waals surface area contributed by atoms with Crippen LogP contribution in [0.1, 0.15) is 66.9 Å². The summed E-state index contributed by atoms with van der Waals surface area (Å²) in [7, 11) is 1.18. The van der Waals surface area contributed by atoms with Crippen LogP contribution >= 0.6 is 0 Å². The molecule has 8 nitrogen and oxygen atoms in total. The molecule has 0 radical (unpaired) electrons. The molecule has 0 heterocycles. The van der Waals surface area contributed by atoms with Gasteiger partial charge in [-0.15, -0.1) is 4.48 Å². The molecule has 1 rings (SSSR count). The molecule has 2 atom stereocenters. The molecule has 196 valence electrons. The number of ketones is 1. The van der Waals surface area contributed by atoms with Crippen LogP contribution in [-0.2, 0) is 16.0 Å². The SMILES string of the molecule is CC.CC(C)C.CC(C)C(=O)C(N)Cc1ccc(OCCNC(=O)CCC(NF)[N+](C)=O)cc1. The smallest absolute Gasteiger partial charge is 0.279 e. The molecule has 9 heteroatoms. The molecular weight excluding hydrogens is 439 g/mol. The zero-order chi connectivity index (χ0) is 26.7. The number of nitrogens with one attached hydrogen (secondary N) is 2. The quantitative estimate of drug-likeness (QED) is 0.169. The van der Waals surface area contributed by atoms with E-state index in [0.717, 1.165) is 11.5 Å². The Kier molecular flexibility index (Phi) is 19.9. The number of nitroso groups, excluding NO2 is 1. The number of hydrogen-bond acceptors (Lipinski definition) is 6. The van der Waals surface area contributed by atoms with Crippen LogP contribution in [0.4, 0.5) is 4.48 Å². The minimum atomic E-state index is -1.04. The molecule has 0 aromatic heterocycles. The summed E-state index contributed by atoms with van der Waals surface area (Å²) in [5, 5.41) is 2.64. The maximum Gasteiger partial charge on any atom is 0.279 e. The molecule has 1 amide bonds. The summed E-state index contributed by atoms with van der Waals surface area (Å²) < 4.78 is 18.3. The topological polar surface area (TPSA) is 114 Å². The van der Waals surface area contributed by atoms with Crippen LogP contribution < -0.4 is 21.3 Å². The van der Waals surface area contributed by atoms with Crippen LogP contribution in [-0.4, -0.2) is 48.9 Å². The molecule has 2 unspecified atom stereocenters. The van der Waals surface area contributed by atoms with Crippen molar-refractivity contribution in [1.29, 1.82) is 0 Å². The highest BCUT2D eigenvalue weighted by Gasteiger charge is 2.21. The summed E-state index contributed by atoms with van der Waals surface area (Å²) in [6, 6.07) is 6.75. The Morgan fingerprint density at radius 2 is 1.62 bits per heavy atom. The number of carbonyl (C=O) groups excluding carboxylic acids is 2. The van der Waals surface area contributed by atoms with Crippen molar-refractivity contribution in [2.75, 3.05) is 20.2 Å². The first kappa shape index (κ1) is 33.8. The van der Waals surface area contributed by atoms with Gasteiger partial charge in [0.2, 0.25) is 5.91 Å². The molecule has 1 aromatic carbocycles. The fraction of sp³-hybridized carbons (Fsp3) is 0.680. The third kappa shape index (κ3) is 17.1. The van der Waals surface area contributed by atoms with Gasteiger partial charge in [-0.25, -0.2) is 0 Å². The second kappa shape index (κ2) is 20.0. The average Bonchev–Trinajstić information content (AvgIpc) is 2.78. The van der Waals surface area contributed by atoms with Gasteiger partial charge in [0.1, 0.15) is 12.4 Å². The van der Waals surface area contributed by atoms with E-state index in [2.05, 4.69) is 26.1 Å². The van der Waals surface area contributed by atoms with Crippen molar-refractivity contribution in [2.24, 2.45) is 17.6 Å². The Labute approximate surface area is 204 Å². The molecule has 0 aliphatic carbocycles. The average molecular weight is 486 g/mol. The van der Waals surface area contributed by atoms with Crippen molar-refractivity contribution in [3.8, 4) is 5.75 Å². The Morgan fingerprint density at radius 3 is 2.06 bits per heavy atom. The Balaban J connectivity index is 0. The number of ether oxygens (including phenoxy) is 1. The van der Waals surface area contributed by atoms with Gasteiger partial charge in [-0.2, -0.15) is 0 Å². The maximum absolute atomic E-state index is 12.4. The molecule has 0 spiro atoms. The van der Waals surface area contributed by atoms with Crippen molar-refractivity contribution in [2.45, 2.75) is 79.9 Å². The molecule has 34 heavy (non-hydrogen) atoms. The highest BCUT2D eigenvalue weighted by Crippen LogP contribution is 2.14. The van der Waals surface area contributed by atoms with Gasteiger partial charge in [0.15, 0.2) is 12.8 Å². The van der Waals surface area contributed by atoms with E-state index in [0.29, 0.717) is 16.9 Å². The van der Waals surface area contributed by atoms with Gasteiger partial charge in [0, 0.05) is 28.4 Å². The van der Waals surface area contributed by atoms with Crippen molar-refractivity contribution in [3.63, 3.8) is 0 Å². The lowest BCUT2D eigenvalue weighted by Crippen LogP contribution is -2.35. The summed E-state index contributed by atoms with van der Waals surface area (Å²) in [5.41, 5.74) is 8.22. The third-order valence-corrected chi connectivity index (χ3v) is 4.22. The highest BCUT2D eigenvalue weighted by molar-refractivity contribution is 5.85. The lowest BCUT2D eigenvalue weighted by Gasteiger charge is -2.13. The summed E-state index contributed by atoms with van der Waals surface area (Å²) in [5.74, 6) is 1.13. The summed E-state index contributed by atoms with van der Waals surface area (Å²) in [6.45, 7) is 14.7. The molecule has 0 aliphatic rings. The lowest BCUT2D eigenvalue weighted by atomic mass is 9.96. The second-order valence-corrected chi connectivity index (χ2v) is 8.65. The minimum Gasteiger partial charge on any atom is -0.492 e. The monoisotopic (exact) mass is 485 g/mol. The van der Waals surface area contributed by atoms with Crippen LogP contribution in [0.2, 0.25) is 0 Å². The third-order valence-electron chi connectivity index (χ3n) is 4.22. The van der Waals surface area contributed by atoms with E-state index in [-0.39, 0.29) is 43.6 Å². The Hall–Kier alpha value is -2.39. The predicted molar refractivity (Wildman–Crippen MR) is 135 cm³/mol. The largest absolute Gasteiger partial charge is 0.492 e. The number of hydrogen-bond donors (Lipinski definition) is 3. The fourth-order valence-corrected chi connectivity index (χ4v) is 2.53. The highest BCUT2D eigenvalue weighted by atomic mass is 19.2. The van der Waals surface area contributed by atoms with Gasteiger partial charge >= 0.3 is 0 Å². The molecule has 0 fully saturated rings. The first-order valence-corrected chi connectivity index (χ1v) is 12.0. The number of nitrogens with zero attached hydrogens (tertiary/aromatic N) is 1. The molecule has 0 saturated heterocycles. The van der Waals surface area contributed by atoms with E-state index in [4.69, 9.17) is 10.5 Å². The normalized spacial score (nSPS) is 12.0. The van der Waals surface area contributed by atoms with Crippen LogP contribution in [0.15, 0.2) is 24.3 Å². The molecular formula is C25H46FN4O4+. The van der Waals surface area contributed by atoms with Crippen LogP contribution in [0.5, 0.6) is 5.75 Å². The number of carbonyl (C=O) groups is 2. The minimum absolute atomic E-state index is 0.0260. The van der Waals surface area contributed by atoms with Gasteiger partial charge in [0.25, 0.3) is 6.17 Å². The van der Waals surface area contributed by atoms with Crippen LogP contribution in [0, 0.1) is 16.7 Å². The Bertz CT molecular complexity index is 694. The molecule has 0 saturated carbocycles. The first-order valence-electron chi connectivity index (χ1n) is 12.0. The number of amides is 1. The van der Waals surface area contributed by atoms with Gasteiger partial charge in [-0.05, 0) is 30.0 Å². The first-order chi connectivity index (χ1) is 16.0. The van der Waals surface area contributed by atoms with E-state index in [1.54, 1.807) is 12.1 Å². The number of Topliss-reactive ketones (excluding diaryl/α,β-unsaturated/α-hetero) is 1. The summed E-state index contributed by atoms with van der Waals surface area (Å²) >= 11 is 0. The standard InChI is InChI=1S/C19H29FN4O4.C4H10.C2H6/c1-13(2)19(26)16(21)12-14-4-6-15(7-5-14)28-11-10-22-18(25)9-8-17(23-20)24(3)27;1-4(2)3;1-2/h4-7,13,16-17,23H,8-12,21H2,1-3H3;4H,1-3H3;1-2H3/p+1. The number of rotatable bonds is 13. The predicted octanol–water partition coefficient (Wildman–Crippen LogP) is 3.95. The zero-order valence-electron chi connectivity index (χ0n) is 22.2. The fourth-order valence-electron chi connectivity index (χ4n) is 2.53. The van der Waals surface area contributed by atoms with Crippen LogP contribution in [0.3, 0.4) is 0 Å². The lowest BCUT2D eigenvalue weighted by molar-refractivity contribution is -0.571. The molecule has 1 aromatic rings. The van der Waals surface area contributed by atoms with E-state index >= 15 is 0 Å². The Morgan fingerprint density at radius 1 is 1.09 bits per heavy atom. The van der Waals surface area contributed by atoms with Crippen molar-refractivity contribution in [3.05, 3.63) is 34.7 Å². The van der Waals surface area contributed by atoms with Gasteiger partial charge in [-0.1, -0.05) is 66.1 Å². The number of nitrogens with two attached hydrogens (primary N) is 1. The van der Waals surface area contributed by atoms with Gasteiger partial charge < -0.3 is 15.8 Å². The van der Waals surface area contributed by atoms with E-state index in [1.165, 1.54) is 12.6 Å². The molecule has 0 aliphatic heterocycles. The van der Waals surface area contributed by atoms with Crippen molar-refractivity contribution in [1.82, 2.24) is 10.9 Å². The zero-order valence-corrected chi connectivity index (χ0v) is 22.2. The summed E-state index contributed by atoms with van der Waals surface area (Å²) in [6.07, 6.45) is -0.477. The molecule has 0 bridgehead atoms. The van der Waals surface area contributed by atoms with E-state index < -0.39 is 12.2 Å². The van der Waals surface area contributed by atoms with Crippen molar-refractivity contribution >= 4 is 11.7 Å². The van der Waals surface area contributed by atoms with Crippen LogP contribution in [0.25, 0.3) is 0 Å². The van der Waals surface area contributed by atoms with Gasteiger partial charge in [-0.3, -0.25) is 9.59 Å². The summed E-state index contributed by atoms with van der Waals surface area (Å²) in [4.78, 5) is 34.5. The van der Waals surface area contributed by atoms with Gasteiger partial charge in [0.05, 0.1) is 12.6 Å². The maximum atomic E-state index is 12.4. The van der Waals surface area contributed by atoms with Crippen molar-refractivity contribution < 1.29 is 23.6 Å². The number of benzene rings is 1. The van der Waals surface area contributed by atoms with E-state index in [9.17, 15) is 19.0 Å². The van der Waals surface area contributed by atoms with E-state index in [1.807, 2.05) is 39.8 Å².